The van der Waals surface area contributed by atoms with Crippen molar-refractivity contribution in [2.75, 3.05) is 61.5 Å². The highest BCUT2D eigenvalue weighted by atomic mass is 35.5. The van der Waals surface area contributed by atoms with Crippen molar-refractivity contribution in [3.63, 3.8) is 0 Å². The highest BCUT2D eigenvalue weighted by Crippen LogP contribution is 2.36. The van der Waals surface area contributed by atoms with Crippen LogP contribution in [0, 0.1) is 0 Å². The van der Waals surface area contributed by atoms with E-state index in [1.165, 1.54) is 11.0 Å². The molecule has 0 spiro atoms. The second kappa shape index (κ2) is 11.5. The van der Waals surface area contributed by atoms with Crippen LogP contribution < -0.4 is 15.5 Å². The zero-order valence-electron chi connectivity index (χ0n) is 18.6. The fourth-order valence-corrected chi connectivity index (χ4v) is 3.69. The van der Waals surface area contributed by atoms with Crippen LogP contribution in [0.2, 0.25) is 5.02 Å². The van der Waals surface area contributed by atoms with Crippen molar-refractivity contribution in [2.24, 2.45) is 0 Å². The quantitative estimate of drug-likeness (QED) is 0.573. The Labute approximate surface area is 200 Å². The summed E-state index contributed by atoms with van der Waals surface area (Å²) >= 11 is 5.67. The molecule has 34 heavy (non-hydrogen) atoms. The number of amides is 2. The summed E-state index contributed by atoms with van der Waals surface area (Å²) in [5.41, 5.74) is 0.226. The lowest BCUT2D eigenvalue weighted by Gasteiger charge is -2.29. The molecule has 7 nitrogen and oxygen atoms in total. The van der Waals surface area contributed by atoms with Crippen LogP contribution >= 0.6 is 11.6 Å². The number of morpholine rings is 1. The van der Waals surface area contributed by atoms with Crippen molar-refractivity contribution in [1.82, 2.24) is 4.90 Å². The van der Waals surface area contributed by atoms with Gasteiger partial charge in [0.2, 0.25) is 11.8 Å². The second-order valence-electron chi connectivity index (χ2n) is 7.73. The number of anilines is 3. The molecule has 0 aromatic heterocycles. The average molecular weight is 499 g/mol. The van der Waals surface area contributed by atoms with Gasteiger partial charge in [-0.2, -0.15) is 13.2 Å². The Morgan fingerprint density at radius 2 is 1.65 bits per heavy atom. The van der Waals surface area contributed by atoms with Gasteiger partial charge in [0.15, 0.2) is 0 Å². The third kappa shape index (κ3) is 7.34. The number of benzene rings is 2. The van der Waals surface area contributed by atoms with E-state index >= 15 is 0 Å². The molecule has 0 aliphatic carbocycles. The number of hydrogen-bond acceptors (Lipinski definition) is 5. The van der Waals surface area contributed by atoms with Crippen molar-refractivity contribution >= 4 is 40.5 Å². The molecular formula is C23H26ClF3N4O3. The first-order chi connectivity index (χ1) is 16.2. The largest absolute Gasteiger partial charge is 0.418 e. The molecule has 2 amide bonds. The van der Waals surface area contributed by atoms with Crippen LogP contribution in [0.15, 0.2) is 42.5 Å². The van der Waals surface area contributed by atoms with Crippen molar-refractivity contribution in [1.29, 1.82) is 0 Å². The van der Waals surface area contributed by atoms with Crippen LogP contribution in [0.25, 0.3) is 0 Å². The van der Waals surface area contributed by atoms with Gasteiger partial charge in [-0.3, -0.25) is 14.5 Å². The van der Waals surface area contributed by atoms with Gasteiger partial charge in [0.05, 0.1) is 37.6 Å². The number of carbonyl (C=O) groups excluding carboxylic acids is 2. The van der Waals surface area contributed by atoms with Gasteiger partial charge in [0.1, 0.15) is 0 Å². The van der Waals surface area contributed by atoms with Gasteiger partial charge in [-0.1, -0.05) is 18.5 Å². The van der Waals surface area contributed by atoms with Gasteiger partial charge in [-0.15, -0.1) is 0 Å². The lowest BCUT2D eigenvalue weighted by molar-refractivity contribution is -0.137. The number of rotatable bonds is 8. The van der Waals surface area contributed by atoms with E-state index in [0.717, 1.165) is 30.9 Å². The first-order valence-corrected chi connectivity index (χ1v) is 11.1. The molecule has 0 atom stereocenters. The second-order valence-corrected chi connectivity index (χ2v) is 8.17. The van der Waals surface area contributed by atoms with Crippen LogP contribution in [-0.2, 0) is 20.5 Å². The van der Waals surface area contributed by atoms with Gasteiger partial charge in [0, 0.05) is 29.5 Å². The summed E-state index contributed by atoms with van der Waals surface area (Å²) in [5, 5.41) is 4.95. The summed E-state index contributed by atoms with van der Waals surface area (Å²) in [7, 11) is 0. The molecule has 0 unspecified atom stereocenters. The molecule has 3 rings (SSSR count). The molecule has 1 heterocycles. The topological polar surface area (TPSA) is 73.9 Å². The number of hydrogen-bond donors (Lipinski definition) is 2. The van der Waals surface area contributed by atoms with Crippen molar-refractivity contribution in [3.05, 3.63) is 53.1 Å². The van der Waals surface area contributed by atoms with Crippen molar-refractivity contribution < 1.29 is 27.5 Å². The van der Waals surface area contributed by atoms with E-state index in [4.69, 9.17) is 16.3 Å². The van der Waals surface area contributed by atoms with E-state index in [2.05, 4.69) is 15.5 Å². The molecule has 11 heteroatoms. The number of carbonyl (C=O) groups is 2. The first kappa shape index (κ1) is 25.8. The zero-order chi connectivity index (χ0) is 24.7. The van der Waals surface area contributed by atoms with E-state index < -0.39 is 17.6 Å². The Kier molecular flexibility index (Phi) is 8.76. The normalized spacial score (nSPS) is 14.2. The molecule has 0 saturated carbocycles. The van der Waals surface area contributed by atoms with Crippen molar-refractivity contribution in [3.8, 4) is 0 Å². The molecule has 184 valence electrons. The third-order valence-corrected chi connectivity index (χ3v) is 5.51. The van der Waals surface area contributed by atoms with Crippen LogP contribution in [0.5, 0.6) is 0 Å². The Morgan fingerprint density at radius 1 is 1.03 bits per heavy atom. The molecule has 1 aliphatic rings. The van der Waals surface area contributed by atoms with Crippen LogP contribution in [0.4, 0.5) is 30.2 Å². The predicted octanol–water partition coefficient (Wildman–Crippen LogP) is 4.09. The number of nitrogens with one attached hydrogen (secondary N) is 2. The van der Waals surface area contributed by atoms with E-state index in [0.29, 0.717) is 25.4 Å². The SMILES string of the molecule is CCN(CC(=O)Nc1ccc(N2CCOCC2)cc1)CC(=O)Nc1ccc(Cl)cc1C(F)(F)F. The smallest absolute Gasteiger partial charge is 0.378 e. The Balaban J connectivity index is 1.54. The summed E-state index contributed by atoms with van der Waals surface area (Å²) in [6.07, 6.45) is -4.67. The van der Waals surface area contributed by atoms with Crippen LogP contribution in [0.1, 0.15) is 12.5 Å². The summed E-state index contributed by atoms with van der Waals surface area (Å²) in [4.78, 5) is 28.5. The lowest BCUT2D eigenvalue weighted by atomic mass is 10.1. The molecule has 1 saturated heterocycles. The maximum absolute atomic E-state index is 13.2. The maximum Gasteiger partial charge on any atom is 0.418 e. The van der Waals surface area contributed by atoms with E-state index in [9.17, 15) is 22.8 Å². The molecule has 1 fully saturated rings. The number of alkyl halides is 3. The molecular weight excluding hydrogens is 473 g/mol. The predicted molar refractivity (Wildman–Crippen MR) is 125 cm³/mol. The third-order valence-electron chi connectivity index (χ3n) is 5.27. The molecule has 2 aromatic carbocycles. The Hall–Kier alpha value is -2.82. The highest BCUT2D eigenvalue weighted by Gasteiger charge is 2.34. The lowest BCUT2D eigenvalue weighted by Crippen LogP contribution is -2.39. The number of nitrogens with zero attached hydrogens (tertiary/aromatic N) is 2. The van der Waals surface area contributed by atoms with E-state index in [-0.39, 0.29) is 29.7 Å². The maximum atomic E-state index is 13.2. The van der Waals surface area contributed by atoms with Gasteiger partial charge < -0.3 is 20.3 Å². The zero-order valence-corrected chi connectivity index (χ0v) is 19.4. The van der Waals surface area contributed by atoms with Crippen molar-refractivity contribution in [2.45, 2.75) is 13.1 Å². The Bertz CT molecular complexity index is 996. The first-order valence-electron chi connectivity index (χ1n) is 10.8. The number of likely N-dealkylation sites (N-methyl/N-ethyl adjacent to an activating group) is 1. The van der Waals surface area contributed by atoms with E-state index in [1.807, 2.05) is 12.1 Å². The Morgan fingerprint density at radius 3 is 2.24 bits per heavy atom. The summed E-state index contributed by atoms with van der Waals surface area (Å²) < 4.78 is 45.1. The number of halogens is 4. The summed E-state index contributed by atoms with van der Waals surface area (Å²) in [6.45, 7) is 4.72. The fourth-order valence-electron chi connectivity index (χ4n) is 3.51. The summed E-state index contributed by atoms with van der Waals surface area (Å²) in [6, 6.07) is 10.5. The minimum absolute atomic E-state index is 0.0878. The summed E-state index contributed by atoms with van der Waals surface area (Å²) in [5.74, 6) is -1.01. The van der Waals surface area contributed by atoms with Gasteiger partial charge in [-0.25, -0.2) is 0 Å². The minimum Gasteiger partial charge on any atom is -0.378 e. The highest BCUT2D eigenvalue weighted by molar-refractivity contribution is 6.30. The minimum atomic E-state index is -4.67. The monoisotopic (exact) mass is 498 g/mol. The molecule has 2 N–H and O–H groups in total. The fraction of sp³-hybridized carbons (Fsp3) is 0.391. The molecule has 1 aliphatic heterocycles. The molecule has 0 radical (unpaired) electrons. The standard InChI is InChI=1S/C23H26ClF3N4O3/c1-2-30(15-22(33)29-20-8-3-16(24)13-19(20)23(25,26)27)14-21(32)28-17-4-6-18(7-5-17)31-9-11-34-12-10-31/h3-8,13H,2,9-12,14-15H2,1H3,(H,28,32)(H,29,33). The van der Waals surface area contributed by atoms with Crippen LogP contribution in [-0.4, -0.2) is 62.7 Å². The van der Waals surface area contributed by atoms with Gasteiger partial charge in [-0.05, 0) is 49.0 Å². The van der Waals surface area contributed by atoms with Gasteiger partial charge >= 0.3 is 6.18 Å². The molecule has 2 aromatic rings. The number of ether oxygens (including phenoxy) is 1. The average Bonchev–Trinajstić information content (AvgIpc) is 2.80. The van der Waals surface area contributed by atoms with Gasteiger partial charge in [0.25, 0.3) is 0 Å². The van der Waals surface area contributed by atoms with E-state index in [1.54, 1.807) is 19.1 Å². The molecule has 0 bridgehead atoms. The van der Waals surface area contributed by atoms with Crippen LogP contribution in [0.3, 0.4) is 0 Å².